The van der Waals surface area contributed by atoms with Crippen molar-refractivity contribution in [3.63, 3.8) is 0 Å². The van der Waals surface area contributed by atoms with Crippen molar-refractivity contribution in [1.29, 1.82) is 0 Å². The minimum absolute atomic E-state index is 0.0396. The molecule has 0 saturated carbocycles. The molecule has 0 amide bonds. The van der Waals surface area contributed by atoms with Gasteiger partial charge in [0.25, 0.3) is 0 Å². The Morgan fingerprint density at radius 1 is 1.24 bits per heavy atom. The van der Waals surface area contributed by atoms with Gasteiger partial charge in [-0.15, -0.1) is 0 Å². The van der Waals surface area contributed by atoms with Crippen LogP contribution in [0.1, 0.15) is 31.4 Å². The minimum Gasteiger partial charge on any atom is -0.449 e. The Balaban J connectivity index is 1.83. The second-order valence-corrected chi connectivity index (χ2v) is 7.47. The third-order valence-electron chi connectivity index (χ3n) is 5.81. The van der Waals surface area contributed by atoms with E-state index in [1.807, 2.05) is 0 Å². The van der Waals surface area contributed by atoms with E-state index in [-0.39, 0.29) is 20.6 Å². The average Bonchev–Trinajstić information content (AvgIpc) is 3.16. The summed E-state index contributed by atoms with van der Waals surface area (Å²) in [6.07, 6.45) is 12.5. The smallest absolute Gasteiger partial charge is 0.215 e. The molecule has 3 atom stereocenters. The number of hydrogen-bond acceptors (Lipinski definition) is 3. The summed E-state index contributed by atoms with van der Waals surface area (Å²) in [6.45, 7) is 6.45. The summed E-state index contributed by atoms with van der Waals surface area (Å²) in [5.41, 5.74) is 6.40. The summed E-state index contributed by atoms with van der Waals surface area (Å²) in [6, 6.07) is 6.38. The monoisotopic (exact) mass is 351 g/mol. The lowest BCUT2D eigenvalue weighted by atomic mass is 9.71. The van der Waals surface area contributed by atoms with Crippen LogP contribution in [0.3, 0.4) is 0 Å². The molecule has 0 bridgehead atoms. The first kappa shape index (κ1) is 15.4. The molecular weight excluding hydrogens is 329 g/mol. The van der Waals surface area contributed by atoms with E-state index in [4.69, 9.17) is 9.05 Å². The van der Waals surface area contributed by atoms with Gasteiger partial charge in [0.15, 0.2) is 0 Å². The molecule has 25 heavy (non-hydrogen) atoms. The van der Waals surface area contributed by atoms with Crippen molar-refractivity contribution in [3.8, 4) is 5.75 Å². The molecule has 128 valence electrons. The summed E-state index contributed by atoms with van der Waals surface area (Å²) in [5, 5.41) is 0. The fourth-order valence-corrected chi connectivity index (χ4v) is 5.43. The molecule has 3 nitrogen and oxygen atoms in total. The van der Waals surface area contributed by atoms with Crippen LogP contribution in [0, 0.1) is 0 Å². The van der Waals surface area contributed by atoms with Crippen molar-refractivity contribution >= 4 is 15.1 Å². The largest absolute Gasteiger partial charge is 0.449 e. The Hall–Kier alpha value is -1.83. The van der Waals surface area contributed by atoms with Gasteiger partial charge in [-0.2, -0.15) is 0 Å². The van der Waals surface area contributed by atoms with Crippen LogP contribution in [0.25, 0.3) is 6.08 Å². The van der Waals surface area contributed by atoms with Gasteiger partial charge in [0.2, 0.25) is 9.03 Å². The molecule has 0 N–H and O–H groups in total. The lowest BCUT2D eigenvalue weighted by Crippen LogP contribution is -2.40. The number of allylic oxidation sites excluding steroid dienone is 4. The van der Waals surface area contributed by atoms with Crippen molar-refractivity contribution in [1.82, 2.24) is 4.90 Å². The van der Waals surface area contributed by atoms with Crippen molar-refractivity contribution in [2.75, 3.05) is 13.1 Å². The maximum absolute atomic E-state index is 6.18. The molecule has 1 aromatic rings. The Bertz CT molecular complexity index is 863. The average molecular weight is 351 g/mol. The molecule has 0 aromatic heterocycles. The molecule has 3 aliphatic carbocycles. The third kappa shape index (κ3) is 1.94. The number of benzene rings is 1. The predicted octanol–water partition coefficient (Wildman–Crippen LogP) is 4.73. The number of likely N-dealkylation sites (N-methyl/N-ethyl adjacent to an activating group) is 1. The van der Waals surface area contributed by atoms with Gasteiger partial charge in [-0.1, -0.05) is 36.4 Å². The van der Waals surface area contributed by atoms with Gasteiger partial charge in [-0.05, 0) is 49.1 Å². The highest BCUT2D eigenvalue weighted by Crippen LogP contribution is 2.60. The van der Waals surface area contributed by atoms with Gasteiger partial charge < -0.3 is 13.9 Å². The van der Waals surface area contributed by atoms with E-state index in [1.54, 1.807) is 0 Å². The first-order chi connectivity index (χ1) is 12.3. The maximum Gasteiger partial charge on any atom is 0.215 e. The summed E-state index contributed by atoms with van der Waals surface area (Å²) < 4.78 is 12.3. The molecule has 1 aliphatic heterocycles. The Labute approximate surface area is 150 Å². The molecule has 4 heteroatoms. The van der Waals surface area contributed by atoms with Gasteiger partial charge in [-0.3, -0.25) is 0 Å². The minimum atomic E-state index is -0.242. The van der Waals surface area contributed by atoms with Crippen LogP contribution in [-0.2, 0) is 9.94 Å². The van der Waals surface area contributed by atoms with E-state index >= 15 is 0 Å². The quantitative estimate of drug-likeness (QED) is 0.735. The van der Waals surface area contributed by atoms with Crippen molar-refractivity contribution in [2.45, 2.75) is 31.8 Å². The number of rotatable bonds is 3. The van der Waals surface area contributed by atoms with Gasteiger partial charge in [0, 0.05) is 24.4 Å². The van der Waals surface area contributed by atoms with E-state index in [1.165, 1.54) is 28.0 Å². The number of hydrogen-bond donors (Lipinski definition) is 0. The van der Waals surface area contributed by atoms with Crippen LogP contribution in [0.4, 0.5) is 0 Å². The lowest BCUT2D eigenvalue weighted by Gasteiger charge is -2.42. The van der Waals surface area contributed by atoms with E-state index in [0.717, 1.165) is 25.3 Å². The Morgan fingerprint density at radius 2 is 2.12 bits per heavy atom. The maximum atomic E-state index is 6.18. The van der Waals surface area contributed by atoms with Crippen LogP contribution in [0.2, 0.25) is 0 Å². The SMILES string of the molecule is CCN(CC)C1=Cc2cccc3c2[C@]12C=CC1=C2C(CC=C1)OPO3. The first-order valence-electron chi connectivity index (χ1n) is 9.08. The van der Waals surface area contributed by atoms with Crippen molar-refractivity contribution in [2.24, 2.45) is 0 Å². The van der Waals surface area contributed by atoms with Gasteiger partial charge in [-0.25, -0.2) is 0 Å². The summed E-state index contributed by atoms with van der Waals surface area (Å²) >= 11 is 0. The van der Waals surface area contributed by atoms with Gasteiger partial charge in [0.1, 0.15) is 5.75 Å². The zero-order chi connectivity index (χ0) is 17.0. The highest BCUT2D eigenvalue weighted by molar-refractivity contribution is 7.26. The highest BCUT2D eigenvalue weighted by atomic mass is 31.1. The topological polar surface area (TPSA) is 21.7 Å². The van der Waals surface area contributed by atoms with Crippen LogP contribution >= 0.6 is 9.03 Å². The standard InChI is InChI=1S/C21H22NO2P/c1-3-22(4-2)18-13-15-8-6-10-17-20(15)21(18)12-11-14-7-5-9-16(19(14)21)23-25-24-17/h5-8,10-13,16,25H,3-4,9H2,1-2H3/t16?,21-/m1/s1. The van der Waals surface area contributed by atoms with E-state index < -0.39 is 0 Å². The fourth-order valence-electron chi connectivity index (χ4n) is 4.79. The zero-order valence-electron chi connectivity index (χ0n) is 14.6. The normalized spacial score (nSPS) is 29.0. The van der Waals surface area contributed by atoms with Gasteiger partial charge in [0.05, 0.1) is 11.5 Å². The number of nitrogens with zero attached hydrogens (tertiary/aromatic N) is 1. The summed E-state index contributed by atoms with van der Waals surface area (Å²) in [4.78, 5) is 2.48. The molecule has 0 saturated heterocycles. The lowest BCUT2D eigenvalue weighted by molar-refractivity contribution is 0.225. The molecule has 1 spiro atoms. The molecular formula is C21H22NO2P. The molecule has 0 radical (unpaired) electrons. The van der Waals surface area contributed by atoms with Crippen LogP contribution < -0.4 is 4.52 Å². The third-order valence-corrected chi connectivity index (χ3v) is 6.50. The molecule has 2 unspecified atom stereocenters. The van der Waals surface area contributed by atoms with E-state index in [2.05, 4.69) is 67.3 Å². The zero-order valence-corrected chi connectivity index (χ0v) is 15.6. The Kier molecular flexibility index (Phi) is 3.45. The Morgan fingerprint density at radius 3 is 2.96 bits per heavy atom. The highest BCUT2D eigenvalue weighted by Gasteiger charge is 2.52. The van der Waals surface area contributed by atoms with Crippen LogP contribution in [0.5, 0.6) is 5.75 Å². The van der Waals surface area contributed by atoms with Gasteiger partial charge >= 0.3 is 0 Å². The summed E-state index contributed by atoms with van der Waals surface area (Å²) in [7, 11) is 0.0396. The molecule has 5 rings (SSSR count). The van der Waals surface area contributed by atoms with E-state index in [0.29, 0.717) is 0 Å². The van der Waals surface area contributed by atoms with Crippen molar-refractivity contribution in [3.05, 3.63) is 70.5 Å². The fraction of sp³-hybridized carbons (Fsp3) is 0.333. The summed E-state index contributed by atoms with van der Waals surface area (Å²) in [5.74, 6) is 0.959. The second-order valence-electron chi connectivity index (χ2n) is 6.86. The van der Waals surface area contributed by atoms with E-state index in [9.17, 15) is 0 Å². The van der Waals surface area contributed by atoms with Crippen LogP contribution in [-0.4, -0.2) is 24.1 Å². The molecule has 1 aromatic carbocycles. The predicted molar refractivity (Wildman–Crippen MR) is 103 cm³/mol. The van der Waals surface area contributed by atoms with Crippen molar-refractivity contribution < 1.29 is 9.05 Å². The molecule has 0 fully saturated rings. The first-order valence-corrected chi connectivity index (χ1v) is 9.89. The molecule has 4 aliphatic rings. The second kappa shape index (κ2) is 5.59. The molecule has 1 heterocycles. The van der Waals surface area contributed by atoms with Crippen LogP contribution in [0.15, 0.2) is 59.3 Å².